The Kier molecular flexibility index (Phi) is 5.67. The predicted octanol–water partition coefficient (Wildman–Crippen LogP) is 3.45. The molecule has 2 aromatic rings. The predicted molar refractivity (Wildman–Crippen MR) is 94.6 cm³/mol. The van der Waals surface area contributed by atoms with Gasteiger partial charge in [0.25, 0.3) is 0 Å². The van der Waals surface area contributed by atoms with Crippen LogP contribution in [-0.2, 0) is 13.2 Å². The summed E-state index contributed by atoms with van der Waals surface area (Å²) < 4.78 is 6.07. The highest BCUT2D eigenvalue weighted by Gasteiger charge is 2.18. The summed E-state index contributed by atoms with van der Waals surface area (Å²) >= 11 is 0. The topological polar surface area (TPSA) is 24.5 Å². The van der Waals surface area contributed by atoms with Gasteiger partial charge >= 0.3 is 0 Å². The van der Waals surface area contributed by atoms with E-state index in [0.29, 0.717) is 12.6 Å². The lowest BCUT2D eigenvalue weighted by molar-refractivity contribution is 0.191. The fourth-order valence-corrected chi connectivity index (χ4v) is 3.13. The maximum absolute atomic E-state index is 6.07. The number of para-hydroxylation sites is 1. The number of piperidine rings is 1. The van der Waals surface area contributed by atoms with Crippen molar-refractivity contribution in [3.05, 3.63) is 65.7 Å². The van der Waals surface area contributed by atoms with Crippen LogP contribution in [0.3, 0.4) is 0 Å². The third-order valence-electron chi connectivity index (χ3n) is 4.60. The van der Waals surface area contributed by atoms with E-state index in [1.807, 2.05) is 6.07 Å². The highest BCUT2D eigenvalue weighted by atomic mass is 16.5. The Morgan fingerprint density at radius 1 is 1.00 bits per heavy atom. The number of ether oxygens (including phenoxy) is 1. The molecule has 1 saturated heterocycles. The molecule has 0 unspecified atom stereocenters. The second-order valence-corrected chi connectivity index (χ2v) is 6.22. The molecule has 0 saturated carbocycles. The lowest BCUT2D eigenvalue weighted by atomic mass is 10.0. The minimum atomic E-state index is 0.625. The molecule has 23 heavy (non-hydrogen) atoms. The monoisotopic (exact) mass is 310 g/mol. The minimum absolute atomic E-state index is 0.625. The van der Waals surface area contributed by atoms with Crippen molar-refractivity contribution in [3.8, 4) is 5.75 Å². The summed E-state index contributed by atoms with van der Waals surface area (Å²) in [7, 11) is 2.06. The molecule has 122 valence electrons. The molecule has 0 amide bonds. The number of hydrogen-bond donors (Lipinski definition) is 1. The Hall–Kier alpha value is -1.84. The summed E-state index contributed by atoms with van der Waals surface area (Å²) in [6.07, 6.45) is 2.45. The first kappa shape index (κ1) is 16.0. The molecule has 1 heterocycles. The van der Waals surface area contributed by atoms with Crippen LogP contribution in [0, 0.1) is 0 Å². The van der Waals surface area contributed by atoms with Crippen molar-refractivity contribution in [3.63, 3.8) is 0 Å². The van der Waals surface area contributed by atoms with E-state index in [1.165, 1.54) is 24.0 Å². The van der Waals surface area contributed by atoms with Crippen LogP contribution in [0.1, 0.15) is 24.0 Å². The molecule has 3 heteroatoms. The number of hydrogen-bond acceptors (Lipinski definition) is 3. The fraction of sp³-hybridized carbons (Fsp3) is 0.400. The lowest BCUT2D eigenvalue weighted by Gasteiger charge is -2.32. The van der Waals surface area contributed by atoms with Gasteiger partial charge in [0.05, 0.1) is 0 Å². The summed E-state index contributed by atoms with van der Waals surface area (Å²) in [5.74, 6) is 1.01. The van der Waals surface area contributed by atoms with Crippen molar-refractivity contribution in [2.75, 3.05) is 20.1 Å². The van der Waals surface area contributed by atoms with Crippen LogP contribution in [0.4, 0.5) is 0 Å². The molecule has 1 aliphatic heterocycles. The first-order valence-corrected chi connectivity index (χ1v) is 8.49. The van der Waals surface area contributed by atoms with Gasteiger partial charge in [-0.15, -0.1) is 0 Å². The van der Waals surface area contributed by atoms with Gasteiger partial charge in [-0.3, -0.25) is 4.90 Å². The van der Waals surface area contributed by atoms with Crippen LogP contribution in [-0.4, -0.2) is 31.1 Å². The zero-order chi connectivity index (χ0) is 15.9. The van der Waals surface area contributed by atoms with Gasteiger partial charge in [0.1, 0.15) is 12.4 Å². The second kappa shape index (κ2) is 8.14. The molecule has 2 aromatic carbocycles. The third-order valence-corrected chi connectivity index (χ3v) is 4.60. The van der Waals surface area contributed by atoms with Gasteiger partial charge in [0, 0.05) is 18.2 Å². The Morgan fingerprint density at radius 2 is 1.70 bits per heavy atom. The number of likely N-dealkylation sites (tertiary alicyclic amines) is 1. The lowest BCUT2D eigenvalue weighted by Crippen LogP contribution is -2.40. The molecule has 3 nitrogen and oxygen atoms in total. The first-order valence-electron chi connectivity index (χ1n) is 8.49. The maximum Gasteiger partial charge on any atom is 0.124 e. The Labute approximate surface area is 139 Å². The molecule has 0 aliphatic carbocycles. The average molecular weight is 310 g/mol. The molecule has 0 bridgehead atoms. The molecular weight excluding hydrogens is 284 g/mol. The van der Waals surface area contributed by atoms with E-state index in [2.05, 4.69) is 65.8 Å². The van der Waals surface area contributed by atoms with E-state index in [-0.39, 0.29) is 0 Å². The van der Waals surface area contributed by atoms with E-state index >= 15 is 0 Å². The van der Waals surface area contributed by atoms with Crippen LogP contribution < -0.4 is 10.1 Å². The highest BCUT2D eigenvalue weighted by Crippen LogP contribution is 2.23. The Balaban J connectivity index is 1.59. The Morgan fingerprint density at radius 3 is 2.43 bits per heavy atom. The number of rotatable bonds is 6. The third kappa shape index (κ3) is 4.57. The van der Waals surface area contributed by atoms with Crippen LogP contribution in [0.5, 0.6) is 5.75 Å². The van der Waals surface area contributed by atoms with E-state index in [1.54, 1.807) is 0 Å². The maximum atomic E-state index is 6.07. The SMILES string of the molecule is CNC1CCN(Cc2ccccc2OCc2ccccc2)CC1. The van der Waals surface area contributed by atoms with Crippen molar-refractivity contribution in [2.45, 2.75) is 32.0 Å². The summed E-state index contributed by atoms with van der Waals surface area (Å²) in [4.78, 5) is 2.53. The molecule has 0 atom stereocenters. The number of benzene rings is 2. The standard InChI is InChI=1S/C20H26N2O/c1-21-19-11-13-22(14-12-19)15-18-9-5-6-10-20(18)23-16-17-7-3-2-4-8-17/h2-10,19,21H,11-16H2,1H3. The molecule has 0 spiro atoms. The van der Waals surface area contributed by atoms with Crippen LogP contribution in [0.25, 0.3) is 0 Å². The number of nitrogens with one attached hydrogen (secondary N) is 1. The van der Waals surface area contributed by atoms with Crippen LogP contribution in [0.15, 0.2) is 54.6 Å². The quantitative estimate of drug-likeness (QED) is 0.884. The van der Waals surface area contributed by atoms with Gasteiger partial charge in [-0.25, -0.2) is 0 Å². The molecule has 1 fully saturated rings. The zero-order valence-corrected chi connectivity index (χ0v) is 13.9. The van der Waals surface area contributed by atoms with E-state index in [9.17, 15) is 0 Å². The summed E-state index contributed by atoms with van der Waals surface area (Å²) in [6, 6.07) is 19.4. The van der Waals surface area contributed by atoms with Crippen LogP contribution in [0.2, 0.25) is 0 Å². The molecule has 0 aromatic heterocycles. The van der Waals surface area contributed by atoms with E-state index in [4.69, 9.17) is 4.74 Å². The second-order valence-electron chi connectivity index (χ2n) is 6.22. The van der Waals surface area contributed by atoms with Gasteiger partial charge in [0.15, 0.2) is 0 Å². The van der Waals surface area contributed by atoms with Crippen molar-refractivity contribution in [2.24, 2.45) is 0 Å². The van der Waals surface area contributed by atoms with Gasteiger partial charge in [-0.05, 0) is 44.6 Å². The van der Waals surface area contributed by atoms with Gasteiger partial charge < -0.3 is 10.1 Å². The summed E-state index contributed by atoms with van der Waals surface area (Å²) in [6.45, 7) is 3.90. The summed E-state index contributed by atoms with van der Waals surface area (Å²) in [5, 5.41) is 3.39. The first-order chi connectivity index (χ1) is 11.3. The molecule has 3 rings (SSSR count). The van der Waals surface area contributed by atoms with E-state index < -0.39 is 0 Å². The average Bonchev–Trinajstić information content (AvgIpc) is 2.62. The van der Waals surface area contributed by atoms with Crippen LogP contribution >= 0.6 is 0 Å². The number of nitrogens with zero attached hydrogens (tertiary/aromatic N) is 1. The van der Waals surface area contributed by atoms with Crippen molar-refractivity contribution in [1.82, 2.24) is 10.2 Å². The molecular formula is C20H26N2O. The van der Waals surface area contributed by atoms with Gasteiger partial charge in [-0.2, -0.15) is 0 Å². The zero-order valence-electron chi connectivity index (χ0n) is 13.9. The molecule has 1 aliphatic rings. The Bertz CT molecular complexity index is 592. The van der Waals surface area contributed by atoms with Gasteiger partial charge in [-0.1, -0.05) is 48.5 Å². The summed E-state index contributed by atoms with van der Waals surface area (Å²) in [5.41, 5.74) is 2.49. The molecule has 1 N–H and O–H groups in total. The van der Waals surface area contributed by atoms with Gasteiger partial charge in [0.2, 0.25) is 0 Å². The van der Waals surface area contributed by atoms with Crippen molar-refractivity contribution >= 4 is 0 Å². The van der Waals surface area contributed by atoms with Crippen molar-refractivity contribution < 1.29 is 4.74 Å². The van der Waals surface area contributed by atoms with Crippen molar-refractivity contribution in [1.29, 1.82) is 0 Å². The fourth-order valence-electron chi connectivity index (χ4n) is 3.13. The normalized spacial score (nSPS) is 16.4. The highest BCUT2D eigenvalue weighted by molar-refractivity contribution is 5.33. The largest absolute Gasteiger partial charge is 0.489 e. The van der Waals surface area contributed by atoms with E-state index in [0.717, 1.165) is 25.4 Å². The smallest absolute Gasteiger partial charge is 0.124 e. The molecule has 0 radical (unpaired) electrons. The minimum Gasteiger partial charge on any atom is -0.489 e.